The van der Waals surface area contributed by atoms with E-state index in [2.05, 4.69) is 38.9 Å². The summed E-state index contributed by atoms with van der Waals surface area (Å²) in [5.74, 6) is 2.84. The number of nitrogens with one attached hydrogen (secondary N) is 1. The number of hydrogen-bond donors (Lipinski definition) is 1. The van der Waals surface area contributed by atoms with Crippen molar-refractivity contribution in [3.63, 3.8) is 0 Å². The minimum Gasteiger partial charge on any atom is -0.353 e. The molecule has 1 atom stereocenters. The monoisotopic (exact) mass is 419 g/mol. The molecule has 4 rings (SSSR count). The Labute approximate surface area is 172 Å². The molecule has 8 nitrogen and oxygen atoms in total. The number of hydrogen-bond acceptors (Lipinski definition) is 7. The van der Waals surface area contributed by atoms with Gasteiger partial charge in [0.05, 0.1) is 12.2 Å². The van der Waals surface area contributed by atoms with Crippen LogP contribution in [0, 0.1) is 17.8 Å². The van der Waals surface area contributed by atoms with Gasteiger partial charge in [0.2, 0.25) is 0 Å². The lowest BCUT2D eigenvalue weighted by atomic mass is 10.0. The molecule has 1 amide bonds. The summed E-state index contributed by atoms with van der Waals surface area (Å²) < 4.78 is 22.9. The standard InChI is InChI=1S/C20H29N5O3S/c1-13-9-24(10-13)18-19(25-11-14(2)12-25)22-17(8-21-18)20(26)23-16(15-4-5-15)6-7-29(3,27)28/h6-8,13-16H,4-5,9-12H2,1-3H3,(H,23,26)/b7-6+/t16-/m1/s1. The van der Waals surface area contributed by atoms with Gasteiger partial charge >= 0.3 is 0 Å². The van der Waals surface area contributed by atoms with Crippen LogP contribution in [0.15, 0.2) is 17.7 Å². The molecular formula is C20H29N5O3S. The number of anilines is 2. The highest BCUT2D eigenvalue weighted by atomic mass is 32.2. The van der Waals surface area contributed by atoms with Gasteiger partial charge in [-0.25, -0.2) is 18.4 Å². The average Bonchev–Trinajstić information content (AvgIpc) is 3.43. The number of carbonyl (C=O) groups excluding carboxylic acids is 1. The Morgan fingerprint density at radius 3 is 2.24 bits per heavy atom. The zero-order valence-electron chi connectivity index (χ0n) is 17.2. The molecule has 0 unspecified atom stereocenters. The van der Waals surface area contributed by atoms with Gasteiger partial charge < -0.3 is 15.1 Å². The van der Waals surface area contributed by atoms with Crippen molar-refractivity contribution in [3.8, 4) is 0 Å². The van der Waals surface area contributed by atoms with Crippen molar-refractivity contribution in [1.29, 1.82) is 0 Å². The van der Waals surface area contributed by atoms with Crippen LogP contribution in [0.3, 0.4) is 0 Å². The molecule has 0 radical (unpaired) electrons. The average molecular weight is 420 g/mol. The highest BCUT2D eigenvalue weighted by Crippen LogP contribution is 2.35. The maximum Gasteiger partial charge on any atom is 0.272 e. The van der Waals surface area contributed by atoms with Gasteiger partial charge in [0.25, 0.3) is 5.91 Å². The van der Waals surface area contributed by atoms with Crippen LogP contribution in [-0.4, -0.2) is 62.8 Å². The van der Waals surface area contributed by atoms with Crippen molar-refractivity contribution < 1.29 is 13.2 Å². The molecule has 3 fully saturated rings. The van der Waals surface area contributed by atoms with E-state index in [0.717, 1.165) is 56.9 Å². The molecule has 1 aromatic heterocycles. The molecular weight excluding hydrogens is 390 g/mol. The molecule has 1 saturated carbocycles. The molecule has 29 heavy (non-hydrogen) atoms. The Morgan fingerprint density at radius 2 is 1.72 bits per heavy atom. The highest BCUT2D eigenvalue weighted by Gasteiger charge is 2.34. The van der Waals surface area contributed by atoms with Crippen molar-refractivity contribution in [2.75, 3.05) is 42.2 Å². The van der Waals surface area contributed by atoms with E-state index in [4.69, 9.17) is 0 Å². The number of carbonyl (C=O) groups is 1. The summed E-state index contributed by atoms with van der Waals surface area (Å²) in [5.41, 5.74) is 0.273. The number of nitrogens with zero attached hydrogens (tertiary/aromatic N) is 4. The number of rotatable bonds is 7. The Kier molecular flexibility index (Phi) is 5.27. The molecule has 1 aliphatic carbocycles. The van der Waals surface area contributed by atoms with E-state index in [9.17, 15) is 13.2 Å². The quantitative estimate of drug-likeness (QED) is 0.715. The second-order valence-corrected chi connectivity index (χ2v) is 10.8. The van der Waals surface area contributed by atoms with Crippen molar-refractivity contribution in [3.05, 3.63) is 23.4 Å². The molecule has 3 heterocycles. The van der Waals surface area contributed by atoms with Crippen LogP contribution in [0.5, 0.6) is 0 Å². The Bertz CT molecular complexity index is 916. The van der Waals surface area contributed by atoms with Crippen molar-refractivity contribution in [2.24, 2.45) is 17.8 Å². The highest BCUT2D eigenvalue weighted by molar-refractivity contribution is 7.93. The first kappa shape index (κ1) is 20.1. The molecule has 3 aliphatic rings. The van der Waals surface area contributed by atoms with Gasteiger partial charge in [-0.2, -0.15) is 0 Å². The summed E-state index contributed by atoms with van der Waals surface area (Å²) in [4.78, 5) is 26.5. The van der Waals surface area contributed by atoms with E-state index in [-0.39, 0.29) is 23.6 Å². The molecule has 2 aliphatic heterocycles. The second kappa shape index (κ2) is 7.59. The lowest BCUT2D eigenvalue weighted by molar-refractivity contribution is 0.0935. The van der Waals surface area contributed by atoms with Gasteiger partial charge in [-0.1, -0.05) is 19.9 Å². The SMILES string of the molecule is CC1CN(c2ncc(C(=O)N[C@H](/C=C/S(C)(=O)=O)C3CC3)nc2N2CC(C)C2)C1. The summed E-state index contributed by atoms with van der Waals surface area (Å²) in [5, 5.41) is 4.11. The first-order valence-corrected chi connectivity index (χ1v) is 12.2. The van der Waals surface area contributed by atoms with Gasteiger partial charge in [0.15, 0.2) is 21.5 Å². The van der Waals surface area contributed by atoms with Crippen molar-refractivity contribution >= 4 is 27.4 Å². The largest absolute Gasteiger partial charge is 0.353 e. The number of sulfone groups is 1. The van der Waals surface area contributed by atoms with Gasteiger partial charge in [-0.15, -0.1) is 0 Å². The maximum absolute atomic E-state index is 12.8. The molecule has 1 aromatic rings. The predicted octanol–water partition coefficient (Wildman–Crippen LogP) is 1.46. The zero-order valence-corrected chi connectivity index (χ0v) is 18.0. The normalized spacial score (nSPS) is 21.8. The van der Waals surface area contributed by atoms with E-state index in [0.29, 0.717) is 11.8 Å². The van der Waals surface area contributed by atoms with Gasteiger partial charge in [0.1, 0.15) is 5.69 Å². The first-order valence-electron chi connectivity index (χ1n) is 10.3. The smallest absolute Gasteiger partial charge is 0.272 e. The zero-order chi connectivity index (χ0) is 20.8. The van der Waals surface area contributed by atoms with Crippen LogP contribution in [-0.2, 0) is 9.84 Å². The van der Waals surface area contributed by atoms with Gasteiger partial charge in [-0.3, -0.25) is 4.79 Å². The Hall–Kier alpha value is -2.16. The third-order valence-electron chi connectivity index (χ3n) is 5.66. The van der Waals surface area contributed by atoms with Crippen LogP contribution in [0.4, 0.5) is 11.6 Å². The number of amides is 1. The van der Waals surface area contributed by atoms with Crippen LogP contribution in [0.1, 0.15) is 37.2 Å². The maximum atomic E-state index is 12.8. The lowest BCUT2D eigenvalue weighted by Crippen LogP contribution is -2.50. The van der Waals surface area contributed by atoms with Crippen molar-refractivity contribution in [1.82, 2.24) is 15.3 Å². The van der Waals surface area contributed by atoms with Crippen LogP contribution in [0.25, 0.3) is 0 Å². The predicted molar refractivity (Wildman–Crippen MR) is 113 cm³/mol. The molecule has 1 N–H and O–H groups in total. The summed E-state index contributed by atoms with van der Waals surface area (Å²) in [6.07, 6.45) is 6.22. The van der Waals surface area contributed by atoms with Crippen molar-refractivity contribution in [2.45, 2.75) is 32.7 Å². The van der Waals surface area contributed by atoms with E-state index in [1.54, 1.807) is 6.08 Å². The molecule has 9 heteroatoms. The van der Waals surface area contributed by atoms with Crippen LogP contribution >= 0.6 is 0 Å². The fourth-order valence-corrected chi connectivity index (χ4v) is 4.35. The fourth-order valence-electron chi connectivity index (χ4n) is 3.89. The Morgan fingerprint density at radius 1 is 1.14 bits per heavy atom. The topological polar surface area (TPSA) is 95.5 Å². The van der Waals surface area contributed by atoms with E-state index in [1.165, 1.54) is 11.6 Å². The Balaban J connectivity index is 1.53. The molecule has 0 spiro atoms. The van der Waals surface area contributed by atoms with E-state index < -0.39 is 9.84 Å². The van der Waals surface area contributed by atoms with Gasteiger partial charge in [-0.05, 0) is 30.6 Å². The fraction of sp³-hybridized carbons (Fsp3) is 0.650. The molecule has 0 aromatic carbocycles. The van der Waals surface area contributed by atoms with Crippen LogP contribution < -0.4 is 15.1 Å². The first-order chi connectivity index (χ1) is 13.7. The van der Waals surface area contributed by atoms with Crippen LogP contribution in [0.2, 0.25) is 0 Å². The third-order valence-corrected chi connectivity index (χ3v) is 6.31. The molecule has 2 saturated heterocycles. The number of aromatic nitrogens is 2. The minimum absolute atomic E-state index is 0.273. The summed E-state index contributed by atoms with van der Waals surface area (Å²) >= 11 is 0. The van der Waals surface area contributed by atoms with E-state index >= 15 is 0 Å². The second-order valence-electron chi connectivity index (χ2n) is 8.92. The summed E-state index contributed by atoms with van der Waals surface area (Å²) in [7, 11) is -3.23. The third kappa shape index (κ3) is 4.71. The molecule has 158 valence electrons. The minimum atomic E-state index is -3.23. The van der Waals surface area contributed by atoms with E-state index in [1.807, 2.05) is 0 Å². The summed E-state index contributed by atoms with van der Waals surface area (Å²) in [6.45, 7) is 8.14. The van der Waals surface area contributed by atoms with Gasteiger partial charge in [0, 0.05) is 37.8 Å². The molecule has 0 bridgehead atoms. The lowest BCUT2D eigenvalue weighted by Gasteiger charge is -2.43. The summed E-state index contributed by atoms with van der Waals surface area (Å²) in [6, 6.07) is -0.303.